The number of likely N-dealkylation sites (tertiary alicyclic amines) is 1. The Morgan fingerprint density at radius 3 is 2.44 bits per heavy atom. The molecule has 3 aromatic rings. The number of hydrogen-bond donors (Lipinski definition) is 0. The van der Waals surface area contributed by atoms with Gasteiger partial charge in [0, 0.05) is 36.0 Å². The van der Waals surface area contributed by atoms with E-state index < -0.39 is 0 Å². The van der Waals surface area contributed by atoms with Crippen LogP contribution in [0, 0.1) is 0 Å². The first kappa shape index (κ1) is 16.0. The van der Waals surface area contributed by atoms with Crippen molar-refractivity contribution >= 4 is 17.2 Å². The van der Waals surface area contributed by atoms with Gasteiger partial charge in [0.05, 0.1) is 10.7 Å². The molecule has 0 aliphatic carbocycles. The third-order valence-electron chi connectivity index (χ3n) is 4.57. The first-order valence-corrected chi connectivity index (χ1v) is 9.55. The highest BCUT2D eigenvalue weighted by molar-refractivity contribution is 7.10. The summed E-state index contributed by atoms with van der Waals surface area (Å²) in [5, 5.41) is 3.20. The van der Waals surface area contributed by atoms with Crippen LogP contribution in [0.25, 0.3) is 11.3 Å². The Morgan fingerprint density at radius 1 is 1.00 bits per heavy atom. The SMILES string of the molecule is O=C(c1ccc(-c2csc(Cc3ccccc3)n2)cc1)N1CCCC1. The molecule has 0 bridgehead atoms. The van der Waals surface area contributed by atoms with Crippen molar-refractivity contribution in [2.24, 2.45) is 0 Å². The van der Waals surface area contributed by atoms with Gasteiger partial charge in [0.2, 0.25) is 0 Å². The summed E-state index contributed by atoms with van der Waals surface area (Å²) in [5.41, 5.74) is 4.09. The molecule has 0 unspecified atom stereocenters. The molecule has 1 aliphatic heterocycles. The normalized spacial score (nSPS) is 14.0. The van der Waals surface area contributed by atoms with E-state index >= 15 is 0 Å². The number of nitrogens with zero attached hydrogens (tertiary/aromatic N) is 2. The molecule has 1 fully saturated rings. The van der Waals surface area contributed by atoms with Gasteiger partial charge in [0.25, 0.3) is 5.91 Å². The van der Waals surface area contributed by atoms with Gasteiger partial charge in [0.15, 0.2) is 0 Å². The summed E-state index contributed by atoms with van der Waals surface area (Å²) >= 11 is 1.68. The van der Waals surface area contributed by atoms with E-state index in [4.69, 9.17) is 4.98 Å². The monoisotopic (exact) mass is 348 g/mol. The molecule has 0 atom stereocenters. The fraction of sp³-hybridized carbons (Fsp3) is 0.238. The van der Waals surface area contributed by atoms with E-state index in [1.807, 2.05) is 35.2 Å². The Bertz CT molecular complexity index is 849. The van der Waals surface area contributed by atoms with Crippen LogP contribution in [0.4, 0.5) is 0 Å². The first-order valence-electron chi connectivity index (χ1n) is 8.68. The molecule has 2 aromatic carbocycles. The molecule has 0 spiro atoms. The molecule has 0 saturated carbocycles. The number of benzene rings is 2. The van der Waals surface area contributed by atoms with Crippen LogP contribution >= 0.6 is 11.3 Å². The Kier molecular flexibility index (Phi) is 4.61. The van der Waals surface area contributed by atoms with E-state index in [1.165, 1.54) is 5.56 Å². The Labute approximate surface area is 152 Å². The largest absolute Gasteiger partial charge is 0.339 e. The van der Waals surface area contributed by atoms with Crippen molar-refractivity contribution in [3.8, 4) is 11.3 Å². The Hall–Kier alpha value is -2.46. The second-order valence-electron chi connectivity index (χ2n) is 6.37. The van der Waals surface area contributed by atoms with E-state index in [2.05, 4.69) is 29.6 Å². The minimum absolute atomic E-state index is 0.145. The van der Waals surface area contributed by atoms with Gasteiger partial charge in [-0.1, -0.05) is 42.5 Å². The van der Waals surface area contributed by atoms with Crippen molar-refractivity contribution in [3.63, 3.8) is 0 Å². The number of amides is 1. The van der Waals surface area contributed by atoms with Crippen molar-refractivity contribution in [1.82, 2.24) is 9.88 Å². The van der Waals surface area contributed by atoms with Gasteiger partial charge in [-0.25, -0.2) is 4.98 Å². The molecule has 0 radical (unpaired) electrons. The number of hydrogen-bond acceptors (Lipinski definition) is 3. The molecule has 1 saturated heterocycles. The summed E-state index contributed by atoms with van der Waals surface area (Å²) in [6.07, 6.45) is 3.09. The van der Waals surface area contributed by atoms with Crippen molar-refractivity contribution in [2.45, 2.75) is 19.3 Å². The quantitative estimate of drug-likeness (QED) is 0.688. The summed E-state index contributed by atoms with van der Waals surface area (Å²) < 4.78 is 0. The fourth-order valence-corrected chi connectivity index (χ4v) is 4.02. The van der Waals surface area contributed by atoms with E-state index in [1.54, 1.807) is 11.3 Å². The maximum atomic E-state index is 12.4. The predicted octanol–water partition coefficient (Wildman–Crippen LogP) is 4.64. The first-order chi connectivity index (χ1) is 12.3. The van der Waals surface area contributed by atoms with Crippen molar-refractivity contribution in [1.29, 1.82) is 0 Å². The standard InChI is InChI=1S/C21H20N2OS/c24-21(23-12-4-5-13-23)18-10-8-17(9-11-18)19-15-25-20(22-19)14-16-6-2-1-3-7-16/h1-3,6-11,15H,4-5,12-14H2. The summed E-state index contributed by atoms with van der Waals surface area (Å²) in [6.45, 7) is 1.77. The summed E-state index contributed by atoms with van der Waals surface area (Å²) in [7, 11) is 0. The highest BCUT2D eigenvalue weighted by atomic mass is 32.1. The molecule has 2 heterocycles. The molecule has 1 aromatic heterocycles. The van der Waals surface area contributed by atoms with Gasteiger partial charge in [-0.15, -0.1) is 11.3 Å². The van der Waals surface area contributed by atoms with Gasteiger partial charge in [0.1, 0.15) is 0 Å². The van der Waals surface area contributed by atoms with Crippen molar-refractivity contribution in [3.05, 3.63) is 76.1 Å². The van der Waals surface area contributed by atoms with Crippen LogP contribution < -0.4 is 0 Å². The van der Waals surface area contributed by atoms with Crippen LogP contribution in [0.3, 0.4) is 0 Å². The number of carbonyl (C=O) groups excluding carboxylic acids is 1. The minimum atomic E-state index is 0.145. The van der Waals surface area contributed by atoms with Crippen LogP contribution in [0.1, 0.15) is 33.8 Å². The highest BCUT2D eigenvalue weighted by Crippen LogP contribution is 2.24. The average Bonchev–Trinajstić information content (AvgIpc) is 3.34. The number of aromatic nitrogens is 1. The van der Waals surface area contributed by atoms with Crippen LogP contribution in [0.15, 0.2) is 60.0 Å². The summed E-state index contributed by atoms with van der Waals surface area (Å²) in [5.74, 6) is 0.145. The van der Waals surface area contributed by atoms with Crippen LogP contribution in [-0.4, -0.2) is 28.9 Å². The lowest BCUT2D eigenvalue weighted by molar-refractivity contribution is 0.0793. The van der Waals surface area contributed by atoms with Crippen LogP contribution in [0.5, 0.6) is 0 Å². The lowest BCUT2D eigenvalue weighted by atomic mass is 10.1. The van der Waals surface area contributed by atoms with Crippen molar-refractivity contribution < 1.29 is 4.79 Å². The Balaban J connectivity index is 1.48. The smallest absolute Gasteiger partial charge is 0.253 e. The molecule has 4 heteroatoms. The second-order valence-corrected chi connectivity index (χ2v) is 7.31. The highest BCUT2D eigenvalue weighted by Gasteiger charge is 2.19. The molecule has 3 nitrogen and oxygen atoms in total. The summed E-state index contributed by atoms with van der Waals surface area (Å²) in [4.78, 5) is 19.1. The topological polar surface area (TPSA) is 33.2 Å². The minimum Gasteiger partial charge on any atom is -0.339 e. The zero-order valence-electron chi connectivity index (χ0n) is 14.0. The molecule has 25 heavy (non-hydrogen) atoms. The molecule has 4 rings (SSSR count). The third kappa shape index (κ3) is 3.64. The lowest BCUT2D eigenvalue weighted by Crippen LogP contribution is -2.27. The van der Waals surface area contributed by atoms with Gasteiger partial charge in [-0.2, -0.15) is 0 Å². The zero-order valence-corrected chi connectivity index (χ0v) is 14.8. The van der Waals surface area contributed by atoms with Crippen molar-refractivity contribution in [2.75, 3.05) is 13.1 Å². The zero-order chi connectivity index (χ0) is 17.1. The molecular formula is C21H20N2OS. The fourth-order valence-electron chi connectivity index (χ4n) is 3.18. The Morgan fingerprint density at radius 2 is 1.72 bits per heavy atom. The van der Waals surface area contributed by atoms with Gasteiger partial charge >= 0.3 is 0 Å². The maximum absolute atomic E-state index is 12.4. The number of carbonyl (C=O) groups is 1. The lowest BCUT2D eigenvalue weighted by Gasteiger charge is -2.15. The van der Waals surface area contributed by atoms with Gasteiger partial charge in [-0.3, -0.25) is 4.79 Å². The number of thiazole rings is 1. The van der Waals surface area contributed by atoms with E-state index in [0.29, 0.717) is 0 Å². The molecule has 0 N–H and O–H groups in total. The van der Waals surface area contributed by atoms with Crippen LogP contribution in [-0.2, 0) is 6.42 Å². The number of rotatable bonds is 4. The van der Waals surface area contributed by atoms with E-state index in [9.17, 15) is 4.79 Å². The summed E-state index contributed by atoms with van der Waals surface area (Å²) in [6, 6.07) is 18.2. The van der Waals surface area contributed by atoms with E-state index in [-0.39, 0.29) is 5.91 Å². The molecule has 1 amide bonds. The van der Waals surface area contributed by atoms with Crippen LogP contribution in [0.2, 0.25) is 0 Å². The van der Waals surface area contributed by atoms with Gasteiger partial charge < -0.3 is 4.90 Å². The second kappa shape index (κ2) is 7.19. The van der Waals surface area contributed by atoms with Gasteiger partial charge in [-0.05, 0) is 30.5 Å². The third-order valence-corrected chi connectivity index (χ3v) is 5.42. The maximum Gasteiger partial charge on any atom is 0.253 e. The van der Waals surface area contributed by atoms with E-state index in [0.717, 1.165) is 54.2 Å². The molecule has 126 valence electrons. The average molecular weight is 348 g/mol. The molecular weight excluding hydrogens is 328 g/mol. The molecule has 1 aliphatic rings. The predicted molar refractivity (Wildman–Crippen MR) is 102 cm³/mol.